The molecule has 0 radical (unpaired) electrons. The summed E-state index contributed by atoms with van der Waals surface area (Å²) < 4.78 is 27.8. The first-order valence-corrected chi connectivity index (χ1v) is 10.6. The molecule has 1 saturated heterocycles. The number of benzene rings is 1. The second kappa shape index (κ2) is 7.27. The number of sulfonamides is 1. The first-order chi connectivity index (χ1) is 12.3. The third-order valence-corrected chi connectivity index (χ3v) is 6.11. The van der Waals surface area contributed by atoms with Gasteiger partial charge in [0.25, 0.3) is 10.0 Å². The van der Waals surface area contributed by atoms with Crippen LogP contribution in [-0.4, -0.2) is 26.5 Å². The van der Waals surface area contributed by atoms with Crippen LogP contribution in [0.5, 0.6) is 0 Å². The molecule has 2 aromatic rings. The highest BCUT2D eigenvalue weighted by atomic mass is 32.2. The van der Waals surface area contributed by atoms with Crippen molar-refractivity contribution in [1.29, 1.82) is 0 Å². The fourth-order valence-electron chi connectivity index (χ4n) is 3.10. The van der Waals surface area contributed by atoms with E-state index in [0.29, 0.717) is 5.69 Å². The summed E-state index contributed by atoms with van der Waals surface area (Å²) in [6, 6.07) is 10.7. The van der Waals surface area contributed by atoms with Crippen LogP contribution in [0.4, 0.5) is 11.5 Å². The molecule has 0 bridgehead atoms. The number of nitrogens with one attached hydrogen (secondary N) is 1. The SMILES string of the molecule is CC(C)(C)c1ccc(S(=O)(=O)Nc2ccc(N3CCCCC3)nc2)cc1. The van der Waals surface area contributed by atoms with E-state index >= 15 is 0 Å². The molecule has 0 aliphatic carbocycles. The zero-order valence-electron chi connectivity index (χ0n) is 15.7. The van der Waals surface area contributed by atoms with Crippen molar-refractivity contribution in [2.45, 2.75) is 50.3 Å². The monoisotopic (exact) mass is 373 g/mol. The number of nitrogens with zero attached hydrogens (tertiary/aromatic N) is 2. The fourth-order valence-corrected chi connectivity index (χ4v) is 4.15. The molecule has 5 nitrogen and oxygen atoms in total. The number of hydrogen-bond donors (Lipinski definition) is 1. The molecule has 1 aliphatic heterocycles. The summed E-state index contributed by atoms with van der Waals surface area (Å²) >= 11 is 0. The number of hydrogen-bond acceptors (Lipinski definition) is 4. The van der Waals surface area contributed by atoms with Gasteiger partial charge in [0.2, 0.25) is 0 Å². The number of piperidine rings is 1. The van der Waals surface area contributed by atoms with Crippen molar-refractivity contribution in [1.82, 2.24) is 4.98 Å². The van der Waals surface area contributed by atoms with Crippen LogP contribution in [0.25, 0.3) is 0 Å². The van der Waals surface area contributed by atoms with Crippen molar-refractivity contribution in [2.75, 3.05) is 22.7 Å². The predicted molar refractivity (Wildman–Crippen MR) is 106 cm³/mol. The zero-order chi connectivity index (χ0) is 18.8. The second-order valence-electron chi connectivity index (χ2n) is 7.83. The average Bonchev–Trinajstić information content (AvgIpc) is 2.62. The molecule has 1 aromatic heterocycles. The second-order valence-corrected chi connectivity index (χ2v) is 9.52. The van der Waals surface area contributed by atoms with Crippen molar-refractivity contribution in [3.8, 4) is 0 Å². The Hall–Kier alpha value is -2.08. The Labute approximate surface area is 156 Å². The van der Waals surface area contributed by atoms with Crippen LogP contribution in [0, 0.1) is 0 Å². The molecule has 3 rings (SSSR count). The van der Waals surface area contributed by atoms with Gasteiger partial charge in [-0.1, -0.05) is 32.9 Å². The van der Waals surface area contributed by atoms with E-state index in [1.807, 2.05) is 18.2 Å². The van der Waals surface area contributed by atoms with Crippen LogP contribution in [-0.2, 0) is 15.4 Å². The smallest absolute Gasteiger partial charge is 0.261 e. The minimum Gasteiger partial charge on any atom is -0.357 e. The molecule has 2 heterocycles. The maximum absolute atomic E-state index is 12.6. The number of pyridine rings is 1. The molecule has 1 aliphatic rings. The van der Waals surface area contributed by atoms with Crippen LogP contribution in [0.2, 0.25) is 0 Å². The quantitative estimate of drug-likeness (QED) is 0.874. The highest BCUT2D eigenvalue weighted by Gasteiger charge is 2.18. The van der Waals surface area contributed by atoms with Gasteiger partial charge >= 0.3 is 0 Å². The minimum absolute atomic E-state index is 0.01000. The molecule has 0 saturated carbocycles. The Kier molecular flexibility index (Phi) is 5.23. The van der Waals surface area contributed by atoms with E-state index in [1.165, 1.54) is 19.3 Å². The molecule has 140 valence electrons. The Morgan fingerprint density at radius 2 is 1.62 bits per heavy atom. The topological polar surface area (TPSA) is 62.3 Å². The third-order valence-electron chi connectivity index (χ3n) is 4.71. The molecule has 0 amide bonds. The number of anilines is 2. The van der Waals surface area contributed by atoms with E-state index in [1.54, 1.807) is 24.4 Å². The summed E-state index contributed by atoms with van der Waals surface area (Å²) in [6.07, 6.45) is 5.22. The number of rotatable bonds is 4. The van der Waals surface area contributed by atoms with Crippen molar-refractivity contribution < 1.29 is 8.42 Å². The molecule has 0 atom stereocenters. The van der Waals surface area contributed by atoms with Gasteiger partial charge in [-0.15, -0.1) is 0 Å². The maximum atomic E-state index is 12.6. The maximum Gasteiger partial charge on any atom is 0.261 e. The van der Waals surface area contributed by atoms with Crippen molar-refractivity contribution >= 4 is 21.5 Å². The summed E-state index contributed by atoms with van der Waals surface area (Å²) in [6.45, 7) is 8.33. The Morgan fingerprint density at radius 3 is 2.15 bits per heavy atom. The molecular formula is C20H27N3O2S. The van der Waals surface area contributed by atoms with E-state index in [4.69, 9.17) is 0 Å². The van der Waals surface area contributed by atoms with Gasteiger partial charge in [-0.3, -0.25) is 4.72 Å². The first kappa shape index (κ1) is 18.7. The van der Waals surface area contributed by atoms with Crippen LogP contribution in [0.1, 0.15) is 45.6 Å². The van der Waals surface area contributed by atoms with E-state index in [9.17, 15) is 8.42 Å². The van der Waals surface area contributed by atoms with Gasteiger partial charge < -0.3 is 4.90 Å². The fraction of sp³-hybridized carbons (Fsp3) is 0.450. The molecule has 0 spiro atoms. The van der Waals surface area contributed by atoms with Gasteiger partial charge in [-0.05, 0) is 54.5 Å². The third kappa shape index (κ3) is 4.36. The van der Waals surface area contributed by atoms with Gasteiger partial charge in [0.15, 0.2) is 0 Å². The summed E-state index contributed by atoms with van der Waals surface area (Å²) in [5, 5.41) is 0. The predicted octanol–water partition coefficient (Wildman–Crippen LogP) is 4.17. The standard InChI is InChI=1S/C20H27N3O2S/c1-20(2,3)16-7-10-18(11-8-16)26(24,25)22-17-9-12-19(21-15-17)23-13-5-4-6-14-23/h7-12,15,22H,4-6,13-14H2,1-3H3. The molecule has 26 heavy (non-hydrogen) atoms. The zero-order valence-corrected chi connectivity index (χ0v) is 16.5. The summed E-state index contributed by atoms with van der Waals surface area (Å²) in [4.78, 5) is 6.92. The minimum atomic E-state index is -3.62. The van der Waals surface area contributed by atoms with Crippen LogP contribution in [0.15, 0.2) is 47.5 Å². The van der Waals surface area contributed by atoms with E-state index in [-0.39, 0.29) is 10.3 Å². The normalized spacial score (nSPS) is 15.7. The summed E-state index contributed by atoms with van der Waals surface area (Å²) in [5.74, 6) is 0.905. The van der Waals surface area contributed by atoms with Crippen molar-refractivity contribution in [3.63, 3.8) is 0 Å². The van der Waals surface area contributed by atoms with Gasteiger partial charge in [0.1, 0.15) is 5.82 Å². The van der Waals surface area contributed by atoms with E-state index in [2.05, 4.69) is 35.4 Å². The molecule has 0 unspecified atom stereocenters. The highest BCUT2D eigenvalue weighted by Crippen LogP contribution is 2.25. The number of aromatic nitrogens is 1. The highest BCUT2D eigenvalue weighted by molar-refractivity contribution is 7.92. The van der Waals surface area contributed by atoms with Crippen LogP contribution >= 0.6 is 0 Å². The Morgan fingerprint density at radius 1 is 0.962 bits per heavy atom. The van der Waals surface area contributed by atoms with Gasteiger partial charge in [0.05, 0.1) is 16.8 Å². The molecule has 1 fully saturated rings. The van der Waals surface area contributed by atoms with Crippen molar-refractivity contribution in [2.24, 2.45) is 0 Å². The lowest BCUT2D eigenvalue weighted by Gasteiger charge is -2.27. The van der Waals surface area contributed by atoms with Gasteiger partial charge in [0, 0.05) is 13.1 Å². The largest absolute Gasteiger partial charge is 0.357 e. The molecule has 1 N–H and O–H groups in total. The summed E-state index contributed by atoms with van der Waals surface area (Å²) in [7, 11) is -3.62. The van der Waals surface area contributed by atoms with Crippen LogP contribution < -0.4 is 9.62 Å². The Balaban J connectivity index is 1.72. The molecule has 6 heteroatoms. The van der Waals surface area contributed by atoms with E-state index < -0.39 is 10.0 Å². The van der Waals surface area contributed by atoms with Crippen LogP contribution in [0.3, 0.4) is 0 Å². The van der Waals surface area contributed by atoms with Gasteiger partial charge in [-0.25, -0.2) is 13.4 Å². The Bertz CT molecular complexity index is 832. The van der Waals surface area contributed by atoms with E-state index in [0.717, 1.165) is 24.5 Å². The molecule has 1 aromatic carbocycles. The van der Waals surface area contributed by atoms with Crippen molar-refractivity contribution in [3.05, 3.63) is 48.2 Å². The van der Waals surface area contributed by atoms with Gasteiger partial charge in [-0.2, -0.15) is 0 Å². The molecular weight excluding hydrogens is 346 g/mol. The lowest BCUT2D eigenvalue weighted by Crippen LogP contribution is -2.30. The lowest BCUT2D eigenvalue weighted by atomic mass is 9.87. The summed E-state index contributed by atoms with van der Waals surface area (Å²) in [5.41, 5.74) is 1.57. The lowest BCUT2D eigenvalue weighted by molar-refractivity contribution is 0.573. The average molecular weight is 374 g/mol. The first-order valence-electron chi connectivity index (χ1n) is 9.10.